The largest absolute Gasteiger partial charge is 0.397 e. The van der Waals surface area contributed by atoms with Crippen molar-refractivity contribution in [3.05, 3.63) is 0 Å². The molecule has 0 aromatic carbocycles. The third-order valence-electron chi connectivity index (χ3n) is 0.387. The van der Waals surface area contributed by atoms with E-state index in [-0.39, 0.29) is 6.61 Å². The lowest BCUT2D eigenvalue weighted by Gasteiger charge is -1.97. The van der Waals surface area contributed by atoms with Gasteiger partial charge in [-0.15, -0.1) is 0 Å². The lowest BCUT2D eigenvalue weighted by molar-refractivity contribution is 0.318. The summed E-state index contributed by atoms with van der Waals surface area (Å²) in [5.74, 6) is 0. The number of hydrogen-bond donors (Lipinski definition) is 1. The molecular weight excluding hydrogens is 116 g/mol. The topological polar surface area (TPSA) is 47.3 Å². The average Bonchev–Trinajstić information content (AvgIpc) is 1.67. The quantitative estimate of drug-likeness (QED) is 0.511. The first-order valence-electron chi connectivity index (χ1n) is 2.81. The maximum Gasteiger partial charge on any atom is 0.0861 e. The maximum absolute atomic E-state index is 7.94. The first-order chi connectivity index (χ1) is 4.18. The number of nitriles is 1. The molecule has 0 bridgehead atoms. The van der Waals surface area contributed by atoms with E-state index in [0.717, 1.165) is 0 Å². The highest BCUT2D eigenvalue weighted by atomic mass is 16.2. The summed E-state index contributed by atoms with van der Waals surface area (Å²) in [6, 6.07) is 1.99. The van der Waals surface area contributed by atoms with Gasteiger partial charge in [0.25, 0.3) is 0 Å². The van der Waals surface area contributed by atoms with Crippen molar-refractivity contribution in [2.45, 2.75) is 6.92 Å². The molecule has 0 aliphatic heterocycles. The number of rotatable bonds is 1. The van der Waals surface area contributed by atoms with E-state index in [2.05, 4.69) is 0 Å². The zero-order valence-electron chi connectivity index (χ0n) is 6.26. The van der Waals surface area contributed by atoms with Gasteiger partial charge in [-0.2, -0.15) is 5.26 Å². The highest BCUT2D eigenvalue weighted by Gasteiger charge is 1.78. The first kappa shape index (κ1) is 11.2. The molecule has 0 fully saturated rings. The zero-order chi connectivity index (χ0) is 7.70. The number of aliphatic hydroxyl groups excluding tert-OH is 1. The third-order valence-corrected chi connectivity index (χ3v) is 0.387. The molecule has 0 aromatic heterocycles. The second kappa shape index (κ2) is 10.4. The normalized spacial score (nSPS) is 7.56. The van der Waals surface area contributed by atoms with Crippen LogP contribution in [0.15, 0.2) is 0 Å². The summed E-state index contributed by atoms with van der Waals surface area (Å²) in [6.45, 7) is 2.44. The Hall–Kier alpha value is -0.590. The summed E-state index contributed by atoms with van der Waals surface area (Å²) in [6.07, 6.45) is 0. The summed E-state index contributed by atoms with van der Waals surface area (Å²) < 4.78 is 0. The van der Waals surface area contributed by atoms with Gasteiger partial charge in [0.05, 0.1) is 12.6 Å². The lowest BCUT2D eigenvalue weighted by atomic mass is 10.7. The van der Waals surface area contributed by atoms with E-state index in [1.54, 1.807) is 6.92 Å². The average molecular weight is 130 g/mol. The molecule has 0 saturated heterocycles. The van der Waals surface area contributed by atoms with Crippen LogP contribution in [0, 0.1) is 11.3 Å². The van der Waals surface area contributed by atoms with Gasteiger partial charge in [-0.3, -0.25) is 4.90 Å². The minimum Gasteiger partial charge on any atom is -0.397 e. The molecule has 1 N–H and O–H groups in total. The van der Waals surface area contributed by atoms with Crippen LogP contribution in [0.25, 0.3) is 0 Å². The molecule has 0 unspecified atom stereocenters. The van der Waals surface area contributed by atoms with Crippen molar-refractivity contribution in [1.82, 2.24) is 4.90 Å². The Labute approximate surface area is 56.5 Å². The molecule has 3 heteroatoms. The SMILES string of the molecule is CCO.CN(C)CC#N. The molecule has 0 amide bonds. The van der Waals surface area contributed by atoms with Crippen molar-refractivity contribution >= 4 is 0 Å². The van der Waals surface area contributed by atoms with Gasteiger partial charge in [-0.1, -0.05) is 0 Å². The van der Waals surface area contributed by atoms with Gasteiger partial charge in [0.15, 0.2) is 0 Å². The molecule has 0 aromatic rings. The second-order valence-electron chi connectivity index (χ2n) is 1.71. The summed E-state index contributed by atoms with van der Waals surface area (Å²) >= 11 is 0. The summed E-state index contributed by atoms with van der Waals surface area (Å²) in [5.41, 5.74) is 0. The van der Waals surface area contributed by atoms with E-state index in [1.165, 1.54) is 0 Å². The van der Waals surface area contributed by atoms with Crippen molar-refractivity contribution in [3.8, 4) is 6.07 Å². The Bertz CT molecular complexity index is 75.6. The van der Waals surface area contributed by atoms with Crippen molar-refractivity contribution < 1.29 is 5.11 Å². The fourth-order valence-electron chi connectivity index (χ4n) is 0.141. The van der Waals surface area contributed by atoms with E-state index in [4.69, 9.17) is 10.4 Å². The molecule has 0 rings (SSSR count). The van der Waals surface area contributed by atoms with Gasteiger partial charge in [-0.05, 0) is 21.0 Å². The summed E-state index contributed by atoms with van der Waals surface area (Å²) in [4.78, 5) is 1.82. The number of nitrogens with zero attached hydrogens (tertiary/aromatic N) is 2. The fourth-order valence-corrected chi connectivity index (χ4v) is 0.141. The smallest absolute Gasteiger partial charge is 0.0861 e. The molecule has 0 spiro atoms. The highest BCUT2D eigenvalue weighted by Crippen LogP contribution is 1.64. The van der Waals surface area contributed by atoms with E-state index in [9.17, 15) is 0 Å². The summed E-state index contributed by atoms with van der Waals surface area (Å²) in [5, 5.41) is 15.5. The monoisotopic (exact) mass is 130 g/mol. The van der Waals surface area contributed by atoms with E-state index < -0.39 is 0 Å². The molecule has 9 heavy (non-hydrogen) atoms. The van der Waals surface area contributed by atoms with Gasteiger partial charge in [0.2, 0.25) is 0 Å². The van der Waals surface area contributed by atoms with Crippen LogP contribution in [0.4, 0.5) is 0 Å². The predicted molar refractivity (Wildman–Crippen MR) is 36.9 cm³/mol. The third kappa shape index (κ3) is 37.3. The summed E-state index contributed by atoms with van der Waals surface area (Å²) in [7, 11) is 3.73. The Morgan fingerprint density at radius 1 is 1.56 bits per heavy atom. The zero-order valence-corrected chi connectivity index (χ0v) is 6.26. The fraction of sp³-hybridized carbons (Fsp3) is 0.833. The van der Waals surface area contributed by atoms with Gasteiger partial charge in [0, 0.05) is 6.61 Å². The predicted octanol–water partition coefficient (Wildman–Crippen LogP) is 0.0702. The van der Waals surface area contributed by atoms with Crippen molar-refractivity contribution in [2.24, 2.45) is 0 Å². The van der Waals surface area contributed by atoms with Crippen molar-refractivity contribution in [2.75, 3.05) is 27.2 Å². The molecular formula is C6H14N2O. The Kier molecular flexibility index (Phi) is 13.0. The van der Waals surface area contributed by atoms with Crippen LogP contribution in [0.5, 0.6) is 0 Å². The molecule has 0 aliphatic carbocycles. The Morgan fingerprint density at radius 3 is 1.89 bits per heavy atom. The van der Waals surface area contributed by atoms with Crippen LogP contribution < -0.4 is 0 Å². The van der Waals surface area contributed by atoms with Crippen LogP contribution >= 0.6 is 0 Å². The Balaban J connectivity index is 0. The standard InChI is InChI=1S/C4H8N2.C2H6O/c1-6(2)4-3-5;1-2-3/h4H2,1-2H3;3H,2H2,1H3. The van der Waals surface area contributed by atoms with Gasteiger partial charge in [0.1, 0.15) is 0 Å². The van der Waals surface area contributed by atoms with E-state index in [1.807, 2.05) is 25.1 Å². The minimum absolute atomic E-state index is 0.250. The first-order valence-corrected chi connectivity index (χ1v) is 2.81. The van der Waals surface area contributed by atoms with Gasteiger partial charge in [-0.25, -0.2) is 0 Å². The molecule has 0 heterocycles. The Morgan fingerprint density at radius 2 is 1.89 bits per heavy atom. The highest BCUT2D eigenvalue weighted by molar-refractivity contribution is 4.71. The number of hydrogen-bond acceptors (Lipinski definition) is 3. The molecule has 0 atom stereocenters. The van der Waals surface area contributed by atoms with E-state index >= 15 is 0 Å². The van der Waals surface area contributed by atoms with E-state index in [0.29, 0.717) is 6.54 Å². The van der Waals surface area contributed by atoms with Gasteiger partial charge < -0.3 is 5.11 Å². The van der Waals surface area contributed by atoms with Gasteiger partial charge >= 0.3 is 0 Å². The van der Waals surface area contributed by atoms with Crippen LogP contribution in [0.2, 0.25) is 0 Å². The van der Waals surface area contributed by atoms with Crippen molar-refractivity contribution in [3.63, 3.8) is 0 Å². The lowest BCUT2D eigenvalue weighted by Crippen LogP contribution is -2.10. The second-order valence-corrected chi connectivity index (χ2v) is 1.71. The molecule has 54 valence electrons. The maximum atomic E-state index is 7.94. The molecule has 0 saturated carbocycles. The number of aliphatic hydroxyl groups is 1. The van der Waals surface area contributed by atoms with Crippen molar-refractivity contribution in [1.29, 1.82) is 5.26 Å². The molecule has 0 radical (unpaired) electrons. The van der Waals surface area contributed by atoms with Crippen LogP contribution in [0.3, 0.4) is 0 Å². The molecule has 3 nitrogen and oxygen atoms in total. The van der Waals surface area contributed by atoms with Crippen LogP contribution in [-0.4, -0.2) is 37.3 Å². The van der Waals surface area contributed by atoms with Crippen LogP contribution in [0.1, 0.15) is 6.92 Å². The minimum atomic E-state index is 0.250. The van der Waals surface area contributed by atoms with Crippen LogP contribution in [-0.2, 0) is 0 Å². The molecule has 0 aliphatic rings.